The highest BCUT2D eigenvalue weighted by molar-refractivity contribution is 8.06. The number of H-pyrrole nitrogens is 1. The lowest BCUT2D eigenvalue weighted by molar-refractivity contribution is 0.422. The van der Waals surface area contributed by atoms with Crippen LogP contribution in [0, 0.1) is 11.3 Å². The number of hydrogen-bond donors (Lipinski definition) is 1. The van der Waals surface area contributed by atoms with E-state index in [-0.39, 0.29) is 0 Å². The van der Waals surface area contributed by atoms with Crippen molar-refractivity contribution in [3.05, 3.63) is 23.7 Å². The molecule has 0 aromatic carbocycles. The Labute approximate surface area is 112 Å². The van der Waals surface area contributed by atoms with E-state index in [1.165, 1.54) is 5.75 Å². The summed E-state index contributed by atoms with van der Waals surface area (Å²) in [5, 5.41) is 13.1. The SMILES string of the molecule is N#Cc1ccc(-c2nc(C3CSCCS3)no2)[nH]1. The predicted octanol–water partition coefficient (Wildman–Crippen LogP) is 2.46. The van der Waals surface area contributed by atoms with Crippen molar-refractivity contribution in [3.63, 3.8) is 0 Å². The third-order valence-electron chi connectivity index (χ3n) is 2.58. The van der Waals surface area contributed by atoms with Crippen molar-refractivity contribution in [2.75, 3.05) is 17.3 Å². The Morgan fingerprint density at radius 1 is 1.44 bits per heavy atom. The van der Waals surface area contributed by atoms with Gasteiger partial charge in [-0.1, -0.05) is 5.16 Å². The van der Waals surface area contributed by atoms with Crippen molar-refractivity contribution in [3.8, 4) is 17.7 Å². The van der Waals surface area contributed by atoms with E-state index in [0.717, 1.165) is 17.3 Å². The van der Waals surface area contributed by atoms with Gasteiger partial charge in [-0.25, -0.2) is 0 Å². The summed E-state index contributed by atoms with van der Waals surface area (Å²) in [6, 6.07) is 5.51. The number of thioether (sulfide) groups is 2. The zero-order valence-electron chi connectivity index (χ0n) is 9.42. The van der Waals surface area contributed by atoms with Crippen LogP contribution in [0.2, 0.25) is 0 Å². The lowest BCUT2D eigenvalue weighted by Crippen LogP contribution is -2.07. The third-order valence-corrected chi connectivity index (χ3v) is 5.33. The molecule has 1 unspecified atom stereocenters. The van der Waals surface area contributed by atoms with Gasteiger partial charge in [0.05, 0.1) is 5.25 Å². The molecule has 0 spiro atoms. The molecule has 0 saturated carbocycles. The molecule has 92 valence electrons. The Morgan fingerprint density at radius 2 is 2.39 bits per heavy atom. The van der Waals surface area contributed by atoms with Gasteiger partial charge in [0.2, 0.25) is 0 Å². The van der Waals surface area contributed by atoms with Crippen LogP contribution in [-0.2, 0) is 0 Å². The van der Waals surface area contributed by atoms with Crippen LogP contribution in [-0.4, -0.2) is 32.4 Å². The number of nitriles is 1. The van der Waals surface area contributed by atoms with Gasteiger partial charge in [0.25, 0.3) is 5.89 Å². The normalized spacial score (nSPS) is 19.6. The number of nitrogens with zero attached hydrogens (tertiary/aromatic N) is 3. The van der Waals surface area contributed by atoms with Crippen LogP contribution < -0.4 is 0 Å². The zero-order chi connectivity index (χ0) is 12.4. The lowest BCUT2D eigenvalue weighted by atomic mass is 10.4. The summed E-state index contributed by atoms with van der Waals surface area (Å²) in [6.45, 7) is 0. The van der Waals surface area contributed by atoms with E-state index in [9.17, 15) is 0 Å². The van der Waals surface area contributed by atoms with Crippen LogP contribution in [0.3, 0.4) is 0 Å². The van der Waals surface area contributed by atoms with Crippen LogP contribution in [0.5, 0.6) is 0 Å². The molecule has 1 aliphatic rings. The molecule has 1 fully saturated rings. The molecule has 3 heterocycles. The maximum absolute atomic E-state index is 8.75. The summed E-state index contributed by atoms with van der Waals surface area (Å²) in [6.07, 6.45) is 0. The standard InChI is InChI=1S/C11H10N4OS2/c12-5-7-1-2-8(13-7)11-14-10(15-16-11)9-6-17-3-4-18-9/h1-2,9,13H,3-4,6H2. The lowest BCUT2D eigenvalue weighted by Gasteiger charge is -2.16. The molecule has 1 N–H and O–H groups in total. The summed E-state index contributed by atoms with van der Waals surface area (Å²) in [5.74, 6) is 4.53. The zero-order valence-corrected chi connectivity index (χ0v) is 11.1. The van der Waals surface area contributed by atoms with Crippen LogP contribution in [0.4, 0.5) is 0 Å². The monoisotopic (exact) mass is 278 g/mol. The molecule has 0 bridgehead atoms. The third kappa shape index (κ3) is 2.26. The second-order valence-electron chi connectivity index (χ2n) is 3.79. The summed E-state index contributed by atoms with van der Waals surface area (Å²) >= 11 is 3.78. The molecule has 2 aromatic rings. The largest absolute Gasteiger partial charge is 0.342 e. The molecule has 2 aromatic heterocycles. The van der Waals surface area contributed by atoms with E-state index in [1.54, 1.807) is 12.1 Å². The van der Waals surface area contributed by atoms with Crippen molar-refractivity contribution in [2.45, 2.75) is 5.25 Å². The number of aromatic amines is 1. The van der Waals surface area contributed by atoms with Gasteiger partial charge in [-0.05, 0) is 12.1 Å². The average Bonchev–Trinajstić information content (AvgIpc) is 3.08. The van der Waals surface area contributed by atoms with Gasteiger partial charge in [0.1, 0.15) is 17.5 Å². The van der Waals surface area contributed by atoms with E-state index in [4.69, 9.17) is 9.78 Å². The fourth-order valence-electron chi connectivity index (χ4n) is 1.70. The van der Waals surface area contributed by atoms with E-state index in [0.29, 0.717) is 22.5 Å². The first-order valence-corrected chi connectivity index (χ1v) is 7.69. The Hall–Kier alpha value is -1.39. The van der Waals surface area contributed by atoms with Gasteiger partial charge in [-0.2, -0.15) is 22.0 Å². The summed E-state index contributed by atoms with van der Waals surface area (Å²) in [5.41, 5.74) is 1.19. The van der Waals surface area contributed by atoms with Gasteiger partial charge in [0, 0.05) is 17.3 Å². The van der Waals surface area contributed by atoms with Crippen LogP contribution in [0.1, 0.15) is 16.8 Å². The van der Waals surface area contributed by atoms with E-state index >= 15 is 0 Å². The Morgan fingerprint density at radius 3 is 3.11 bits per heavy atom. The summed E-state index contributed by atoms with van der Waals surface area (Å²) in [7, 11) is 0. The molecule has 3 rings (SSSR count). The predicted molar refractivity (Wildman–Crippen MR) is 71.3 cm³/mol. The molecule has 18 heavy (non-hydrogen) atoms. The minimum absolute atomic E-state index is 0.312. The number of hydrogen-bond acceptors (Lipinski definition) is 6. The van der Waals surface area contributed by atoms with Gasteiger partial charge in [0.15, 0.2) is 5.82 Å². The number of rotatable bonds is 2. The van der Waals surface area contributed by atoms with Crippen molar-refractivity contribution in [2.24, 2.45) is 0 Å². The van der Waals surface area contributed by atoms with Crippen LogP contribution >= 0.6 is 23.5 Å². The molecule has 0 radical (unpaired) electrons. The number of aromatic nitrogens is 3. The smallest absolute Gasteiger partial charge is 0.274 e. The second kappa shape index (κ2) is 5.08. The Kier molecular flexibility index (Phi) is 3.30. The first kappa shape index (κ1) is 11.7. The van der Waals surface area contributed by atoms with Crippen molar-refractivity contribution in [1.82, 2.24) is 15.1 Å². The molecule has 0 amide bonds. The topological polar surface area (TPSA) is 78.5 Å². The van der Waals surface area contributed by atoms with Crippen LogP contribution in [0.15, 0.2) is 16.7 Å². The van der Waals surface area contributed by atoms with Crippen molar-refractivity contribution in [1.29, 1.82) is 5.26 Å². The molecule has 5 nitrogen and oxygen atoms in total. The fourth-order valence-corrected chi connectivity index (χ4v) is 4.29. The minimum Gasteiger partial charge on any atom is -0.342 e. The maximum Gasteiger partial charge on any atom is 0.274 e. The quantitative estimate of drug-likeness (QED) is 0.909. The number of nitrogens with one attached hydrogen (secondary N) is 1. The highest BCUT2D eigenvalue weighted by atomic mass is 32.2. The van der Waals surface area contributed by atoms with Gasteiger partial charge >= 0.3 is 0 Å². The Bertz CT molecular complexity index is 580. The molecule has 1 saturated heterocycles. The van der Waals surface area contributed by atoms with Crippen molar-refractivity contribution >= 4 is 23.5 Å². The molecular weight excluding hydrogens is 268 g/mol. The first-order valence-electron chi connectivity index (χ1n) is 5.49. The summed E-state index contributed by atoms with van der Waals surface area (Å²) < 4.78 is 5.24. The van der Waals surface area contributed by atoms with Gasteiger partial charge in [-0.15, -0.1) is 11.8 Å². The molecule has 7 heteroatoms. The van der Waals surface area contributed by atoms with E-state index in [1.807, 2.05) is 29.6 Å². The Balaban J connectivity index is 1.82. The molecule has 1 aliphatic heterocycles. The van der Waals surface area contributed by atoms with E-state index < -0.39 is 0 Å². The van der Waals surface area contributed by atoms with Gasteiger partial charge < -0.3 is 9.51 Å². The second-order valence-corrected chi connectivity index (χ2v) is 6.25. The fraction of sp³-hybridized carbons (Fsp3) is 0.364. The minimum atomic E-state index is 0.312. The van der Waals surface area contributed by atoms with E-state index in [2.05, 4.69) is 15.1 Å². The summed E-state index contributed by atoms with van der Waals surface area (Å²) in [4.78, 5) is 7.33. The first-order chi connectivity index (χ1) is 8.86. The van der Waals surface area contributed by atoms with Crippen molar-refractivity contribution < 1.29 is 4.52 Å². The highest BCUT2D eigenvalue weighted by Crippen LogP contribution is 2.35. The molecular formula is C11H10N4OS2. The molecule has 1 atom stereocenters. The maximum atomic E-state index is 8.75. The van der Waals surface area contributed by atoms with Crippen LogP contribution in [0.25, 0.3) is 11.6 Å². The highest BCUT2D eigenvalue weighted by Gasteiger charge is 2.22. The average molecular weight is 278 g/mol. The van der Waals surface area contributed by atoms with Gasteiger partial charge in [-0.3, -0.25) is 0 Å². The molecule has 0 aliphatic carbocycles.